The maximum Gasteiger partial charge on any atom is 0.250 e. The van der Waals surface area contributed by atoms with Crippen LogP contribution in [0.2, 0.25) is 0 Å². The molecule has 0 spiro atoms. The van der Waals surface area contributed by atoms with Gasteiger partial charge in [0, 0.05) is 24.8 Å². The van der Waals surface area contributed by atoms with Crippen LogP contribution >= 0.6 is 0 Å². The van der Waals surface area contributed by atoms with Crippen molar-refractivity contribution in [3.63, 3.8) is 0 Å². The average molecular weight is 267 g/mol. The number of nitriles is 1. The number of benzene rings is 1. The van der Waals surface area contributed by atoms with Crippen LogP contribution in [0, 0.1) is 11.3 Å². The van der Waals surface area contributed by atoms with E-state index in [4.69, 9.17) is 5.26 Å². The van der Waals surface area contributed by atoms with Gasteiger partial charge in [0.15, 0.2) is 0 Å². The predicted molar refractivity (Wildman–Crippen MR) is 79.6 cm³/mol. The molecule has 1 heterocycles. The Hall–Kier alpha value is -2.54. The lowest BCUT2D eigenvalue weighted by molar-refractivity contribution is 0.725. The summed E-state index contributed by atoms with van der Waals surface area (Å²) < 4.78 is 1.66. The molecule has 0 saturated heterocycles. The quantitative estimate of drug-likeness (QED) is 0.926. The molecule has 2 rings (SSSR count). The molecule has 2 aromatic rings. The summed E-state index contributed by atoms with van der Waals surface area (Å²) in [6.07, 6.45) is 1.82. The molecule has 0 aliphatic heterocycles. The number of anilines is 1. The minimum atomic E-state index is 0.00377. The van der Waals surface area contributed by atoms with Gasteiger partial charge in [-0.25, -0.2) is 0 Å². The number of hydrogen-bond donors (Lipinski definition) is 1. The maximum atomic E-state index is 11.5. The van der Waals surface area contributed by atoms with Gasteiger partial charge in [0.25, 0.3) is 5.56 Å². The lowest BCUT2D eigenvalue weighted by Gasteiger charge is -2.16. The number of nitrogens with one attached hydrogen (secondary N) is 1. The van der Waals surface area contributed by atoms with Gasteiger partial charge in [0.2, 0.25) is 0 Å². The largest absolute Gasteiger partial charge is 0.377 e. The Balaban J connectivity index is 2.16. The van der Waals surface area contributed by atoms with Crippen LogP contribution < -0.4 is 10.9 Å². The van der Waals surface area contributed by atoms with Crippen LogP contribution in [0.5, 0.6) is 0 Å². The van der Waals surface area contributed by atoms with E-state index in [1.54, 1.807) is 28.8 Å². The van der Waals surface area contributed by atoms with Crippen LogP contribution in [-0.2, 0) is 6.54 Å². The average Bonchev–Trinajstić information content (AvgIpc) is 2.49. The Morgan fingerprint density at radius 3 is 2.55 bits per heavy atom. The number of pyridine rings is 1. The van der Waals surface area contributed by atoms with Gasteiger partial charge in [-0.3, -0.25) is 4.79 Å². The van der Waals surface area contributed by atoms with Crippen LogP contribution in [0.25, 0.3) is 0 Å². The first kappa shape index (κ1) is 13.9. The second kappa shape index (κ2) is 6.07. The molecule has 0 fully saturated rings. The van der Waals surface area contributed by atoms with E-state index in [0.29, 0.717) is 12.1 Å². The highest BCUT2D eigenvalue weighted by molar-refractivity contribution is 5.44. The van der Waals surface area contributed by atoms with Crippen LogP contribution in [0.3, 0.4) is 0 Å². The SMILES string of the molecule is CCn1cc(NC(C)c2ccc(C#N)cc2)ccc1=O. The summed E-state index contributed by atoms with van der Waals surface area (Å²) in [6.45, 7) is 4.64. The van der Waals surface area contributed by atoms with Gasteiger partial charge in [0.05, 0.1) is 17.3 Å². The lowest BCUT2D eigenvalue weighted by Crippen LogP contribution is -2.18. The fourth-order valence-corrected chi connectivity index (χ4v) is 2.04. The topological polar surface area (TPSA) is 57.8 Å². The summed E-state index contributed by atoms with van der Waals surface area (Å²) in [5, 5.41) is 12.1. The molecule has 4 heteroatoms. The highest BCUT2D eigenvalue weighted by Gasteiger charge is 2.06. The van der Waals surface area contributed by atoms with Gasteiger partial charge < -0.3 is 9.88 Å². The Labute approximate surface area is 118 Å². The molecule has 20 heavy (non-hydrogen) atoms. The smallest absolute Gasteiger partial charge is 0.250 e. The number of rotatable bonds is 4. The van der Waals surface area contributed by atoms with E-state index in [1.807, 2.05) is 32.2 Å². The Morgan fingerprint density at radius 2 is 1.95 bits per heavy atom. The molecular weight excluding hydrogens is 250 g/mol. The van der Waals surface area contributed by atoms with Gasteiger partial charge in [-0.1, -0.05) is 12.1 Å². The van der Waals surface area contributed by atoms with Crippen molar-refractivity contribution < 1.29 is 0 Å². The minimum absolute atomic E-state index is 0.00377. The molecule has 4 nitrogen and oxygen atoms in total. The third-order valence-corrected chi connectivity index (χ3v) is 3.25. The Morgan fingerprint density at radius 1 is 1.25 bits per heavy atom. The molecule has 0 saturated carbocycles. The highest BCUT2D eigenvalue weighted by Crippen LogP contribution is 2.18. The van der Waals surface area contributed by atoms with Crippen molar-refractivity contribution in [1.82, 2.24) is 4.57 Å². The van der Waals surface area contributed by atoms with Crippen LogP contribution in [-0.4, -0.2) is 4.57 Å². The van der Waals surface area contributed by atoms with E-state index in [0.717, 1.165) is 11.3 Å². The molecule has 102 valence electrons. The van der Waals surface area contributed by atoms with Crippen molar-refractivity contribution in [2.75, 3.05) is 5.32 Å². The van der Waals surface area contributed by atoms with Gasteiger partial charge in [0.1, 0.15) is 0 Å². The fraction of sp³-hybridized carbons (Fsp3) is 0.250. The van der Waals surface area contributed by atoms with Gasteiger partial charge in [-0.15, -0.1) is 0 Å². The highest BCUT2D eigenvalue weighted by atomic mass is 16.1. The van der Waals surface area contributed by atoms with Crippen LogP contribution in [0.15, 0.2) is 47.4 Å². The van der Waals surface area contributed by atoms with E-state index in [-0.39, 0.29) is 11.6 Å². The molecule has 0 aliphatic rings. The van der Waals surface area contributed by atoms with E-state index in [1.165, 1.54) is 0 Å². The second-order valence-corrected chi connectivity index (χ2v) is 4.64. The van der Waals surface area contributed by atoms with Crippen molar-refractivity contribution in [2.24, 2.45) is 0 Å². The van der Waals surface area contributed by atoms with Crippen LogP contribution in [0.4, 0.5) is 5.69 Å². The number of nitrogens with zero attached hydrogens (tertiary/aromatic N) is 2. The first-order chi connectivity index (χ1) is 9.63. The lowest BCUT2D eigenvalue weighted by atomic mass is 10.1. The Kier molecular flexibility index (Phi) is 4.21. The summed E-state index contributed by atoms with van der Waals surface area (Å²) in [5.74, 6) is 0. The van der Waals surface area contributed by atoms with Crippen molar-refractivity contribution in [2.45, 2.75) is 26.4 Å². The summed E-state index contributed by atoms with van der Waals surface area (Å²) in [7, 11) is 0. The van der Waals surface area contributed by atoms with Crippen LogP contribution in [0.1, 0.15) is 31.0 Å². The number of aromatic nitrogens is 1. The van der Waals surface area contributed by atoms with E-state index in [2.05, 4.69) is 11.4 Å². The molecule has 0 aliphatic carbocycles. The zero-order chi connectivity index (χ0) is 14.5. The van der Waals surface area contributed by atoms with Crippen molar-refractivity contribution in [1.29, 1.82) is 5.26 Å². The van der Waals surface area contributed by atoms with Crippen molar-refractivity contribution in [3.8, 4) is 6.07 Å². The van der Waals surface area contributed by atoms with E-state index in [9.17, 15) is 4.79 Å². The normalized spacial score (nSPS) is 11.7. The number of aryl methyl sites for hydroxylation is 1. The minimum Gasteiger partial charge on any atom is -0.377 e. The molecule has 0 radical (unpaired) electrons. The summed E-state index contributed by atoms with van der Waals surface area (Å²) in [4.78, 5) is 11.5. The summed E-state index contributed by atoms with van der Waals surface area (Å²) in [6, 6.07) is 13.0. The molecule has 1 N–H and O–H groups in total. The zero-order valence-electron chi connectivity index (χ0n) is 11.6. The molecule has 1 aromatic carbocycles. The van der Waals surface area contributed by atoms with Gasteiger partial charge >= 0.3 is 0 Å². The molecular formula is C16H17N3O. The van der Waals surface area contributed by atoms with Gasteiger partial charge in [-0.2, -0.15) is 5.26 Å². The van der Waals surface area contributed by atoms with E-state index >= 15 is 0 Å². The zero-order valence-corrected chi connectivity index (χ0v) is 11.6. The van der Waals surface area contributed by atoms with Crippen molar-refractivity contribution >= 4 is 5.69 Å². The van der Waals surface area contributed by atoms with E-state index < -0.39 is 0 Å². The monoisotopic (exact) mass is 267 g/mol. The molecule has 1 aromatic heterocycles. The van der Waals surface area contributed by atoms with Crippen molar-refractivity contribution in [3.05, 3.63) is 64.1 Å². The fourth-order valence-electron chi connectivity index (χ4n) is 2.04. The number of hydrogen-bond acceptors (Lipinski definition) is 3. The third kappa shape index (κ3) is 3.07. The maximum absolute atomic E-state index is 11.5. The second-order valence-electron chi connectivity index (χ2n) is 4.64. The molecule has 1 atom stereocenters. The molecule has 1 unspecified atom stereocenters. The summed E-state index contributed by atoms with van der Waals surface area (Å²) in [5.41, 5.74) is 2.66. The first-order valence-electron chi connectivity index (χ1n) is 6.61. The first-order valence-corrected chi connectivity index (χ1v) is 6.61. The standard InChI is InChI=1S/C16H17N3O/c1-3-19-11-15(8-9-16(19)20)18-12(2)14-6-4-13(10-17)5-7-14/h4-9,11-12,18H,3H2,1-2H3. The van der Waals surface area contributed by atoms with Gasteiger partial charge in [-0.05, 0) is 37.6 Å². The molecule has 0 amide bonds. The summed E-state index contributed by atoms with van der Waals surface area (Å²) >= 11 is 0. The predicted octanol–water partition coefficient (Wildman–Crippen LogP) is 2.91. The Bertz CT molecular complexity index is 680. The third-order valence-electron chi connectivity index (χ3n) is 3.25. The molecule has 0 bridgehead atoms.